The van der Waals surface area contributed by atoms with Crippen LogP contribution in [-0.2, 0) is 23.7 Å². The molecule has 8 aromatic rings. The Bertz CT molecular complexity index is 3000. The number of nitrogens with zero attached hydrogens (tertiary/aromatic N) is 4. The van der Waals surface area contributed by atoms with Gasteiger partial charge >= 0.3 is 0 Å². The number of rotatable bonds is 8. The van der Waals surface area contributed by atoms with Gasteiger partial charge in [0, 0.05) is 39.1 Å². The maximum atomic E-state index is 5.86. The van der Waals surface area contributed by atoms with Crippen molar-refractivity contribution in [3.63, 3.8) is 0 Å². The first-order chi connectivity index (χ1) is 28.5. The van der Waals surface area contributed by atoms with E-state index < -0.39 is 0 Å². The molecule has 59 heavy (non-hydrogen) atoms. The van der Waals surface area contributed by atoms with Crippen LogP contribution in [-0.4, -0.2) is 14.0 Å². The SMILES string of the molecule is CCCCc1cccc(C2C=Cc3c(c4cc(-c5ccc6c7c5nc(C(C)(C)C)n5c8cc(C)c(C)cc8[n+](c75)C(C)C6(CC)CC)ccc4n3-c3ccccc3)C2)c1. The predicted octanol–water partition coefficient (Wildman–Crippen LogP) is 13.8. The third-order valence-corrected chi connectivity index (χ3v) is 14.6. The molecule has 5 aromatic carbocycles. The van der Waals surface area contributed by atoms with Gasteiger partial charge in [-0.3, -0.25) is 0 Å². The molecule has 1 aliphatic heterocycles. The van der Waals surface area contributed by atoms with Gasteiger partial charge < -0.3 is 4.57 Å². The Morgan fingerprint density at radius 3 is 2.36 bits per heavy atom. The number of aryl methyl sites for hydroxylation is 3. The van der Waals surface area contributed by atoms with E-state index in [0.29, 0.717) is 5.92 Å². The first kappa shape index (κ1) is 37.8. The van der Waals surface area contributed by atoms with Crippen molar-refractivity contribution in [3.05, 3.63) is 148 Å². The van der Waals surface area contributed by atoms with Crippen molar-refractivity contribution in [1.82, 2.24) is 14.0 Å². The van der Waals surface area contributed by atoms with E-state index in [9.17, 15) is 0 Å². The van der Waals surface area contributed by atoms with Gasteiger partial charge in [0.25, 0.3) is 5.65 Å². The topological polar surface area (TPSA) is 26.1 Å². The lowest BCUT2D eigenvalue weighted by Gasteiger charge is -2.40. The normalized spacial score (nSPS) is 17.2. The van der Waals surface area contributed by atoms with Gasteiger partial charge in [0.1, 0.15) is 6.04 Å². The van der Waals surface area contributed by atoms with Gasteiger partial charge in [-0.1, -0.05) is 115 Å². The summed E-state index contributed by atoms with van der Waals surface area (Å²) in [4.78, 5) is 5.86. The molecule has 0 saturated heterocycles. The lowest BCUT2D eigenvalue weighted by atomic mass is 9.67. The van der Waals surface area contributed by atoms with E-state index in [-0.39, 0.29) is 16.9 Å². The number of benzene rings is 5. The standard InChI is InChI=1S/C55H59N4/c1-10-13-18-37-19-17-20-38(31-37)39-23-27-46-43(32-39)44-33-40(24-28-47(44)58(46)41-21-15-14-16-22-41)42-25-26-45-50-51(42)56-53(54(7,8)9)59-49-30-35(5)34(4)29-48(49)57(52(50)59)36(6)55(45,11-2)12-3/h14-17,19-31,33,36,39H,10-13,18,32H2,1-9H3/q+1. The molecule has 0 saturated carbocycles. The van der Waals surface area contributed by atoms with Crippen molar-refractivity contribution < 1.29 is 4.57 Å². The van der Waals surface area contributed by atoms with Gasteiger partial charge in [-0.15, -0.1) is 0 Å². The third-order valence-electron chi connectivity index (χ3n) is 14.6. The summed E-state index contributed by atoms with van der Waals surface area (Å²) in [7, 11) is 0. The molecule has 4 nitrogen and oxygen atoms in total. The summed E-state index contributed by atoms with van der Waals surface area (Å²) in [5, 5.41) is 2.65. The Kier molecular flexibility index (Phi) is 8.83. The summed E-state index contributed by atoms with van der Waals surface area (Å²) in [6, 6.07) is 37.5. The van der Waals surface area contributed by atoms with Crippen LogP contribution in [0.2, 0.25) is 0 Å². The molecule has 10 rings (SSSR count). The summed E-state index contributed by atoms with van der Waals surface area (Å²) in [6.45, 7) is 21.0. The van der Waals surface area contributed by atoms with Crippen molar-refractivity contribution in [2.75, 3.05) is 0 Å². The third kappa shape index (κ3) is 5.54. The van der Waals surface area contributed by atoms with Gasteiger partial charge in [-0.05, 0) is 134 Å². The number of unbranched alkanes of at least 4 members (excludes halogenated alkanes) is 1. The van der Waals surface area contributed by atoms with Crippen LogP contribution in [0.25, 0.3) is 61.4 Å². The minimum Gasteiger partial charge on any atom is -0.310 e. The fourth-order valence-electron chi connectivity index (χ4n) is 11.1. The average molecular weight is 776 g/mol. The Balaban J connectivity index is 1.25. The molecule has 2 aliphatic rings. The van der Waals surface area contributed by atoms with Gasteiger partial charge in [0.15, 0.2) is 11.0 Å². The number of fused-ring (bicyclic) bond motifs is 6. The highest BCUT2D eigenvalue weighted by molar-refractivity contribution is 6.06. The van der Waals surface area contributed by atoms with Gasteiger partial charge in [-0.2, -0.15) is 4.40 Å². The number of para-hydroxylation sites is 1. The van der Waals surface area contributed by atoms with E-state index in [1.54, 1.807) is 0 Å². The minimum absolute atomic E-state index is 0.0158. The van der Waals surface area contributed by atoms with Gasteiger partial charge in [0.2, 0.25) is 5.82 Å². The van der Waals surface area contributed by atoms with E-state index in [4.69, 9.17) is 4.98 Å². The molecule has 1 aliphatic carbocycles. The second-order valence-electron chi connectivity index (χ2n) is 18.8. The summed E-state index contributed by atoms with van der Waals surface area (Å²) in [5.74, 6) is 1.44. The predicted molar refractivity (Wildman–Crippen MR) is 248 cm³/mol. The van der Waals surface area contributed by atoms with Crippen LogP contribution in [0.15, 0.2) is 103 Å². The summed E-state index contributed by atoms with van der Waals surface area (Å²) < 4.78 is 7.72. The van der Waals surface area contributed by atoms with Crippen molar-refractivity contribution in [2.45, 2.75) is 124 Å². The van der Waals surface area contributed by atoms with E-state index in [1.807, 2.05) is 0 Å². The largest absolute Gasteiger partial charge is 0.310 e. The van der Waals surface area contributed by atoms with Crippen LogP contribution in [0, 0.1) is 13.8 Å². The molecular weight excluding hydrogens is 717 g/mol. The van der Waals surface area contributed by atoms with Crippen LogP contribution in [0.1, 0.15) is 131 Å². The quantitative estimate of drug-likeness (QED) is 0.141. The molecule has 2 unspecified atom stereocenters. The van der Waals surface area contributed by atoms with E-state index in [2.05, 4.69) is 185 Å². The Hall–Kier alpha value is -5.48. The number of hydrogen-bond acceptors (Lipinski definition) is 1. The maximum absolute atomic E-state index is 5.86. The molecular formula is C55H59N4+. The smallest absolute Gasteiger partial charge is 0.298 e. The molecule has 0 fully saturated rings. The number of aromatic nitrogens is 4. The van der Waals surface area contributed by atoms with Crippen molar-refractivity contribution >= 4 is 44.6 Å². The van der Waals surface area contributed by atoms with Crippen LogP contribution >= 0.6 is 0 Å². The summed E-state index contributed by atoms with van der Waals surface area (Å²) in [6.07, 6.45) is 11.5. The van der Waals surface area contributed by atoms with Crippen molar-refractivity contribution in [1.29, 1.82) is 0 Å². The molecule has 0 N–H and O–H groups in total. The number of allylic oxidation sites excluding steroid dienone is 1. The van der Waals surface area contributed by atoms with Gasteiger partial charge in [-0.25, -0.2) is 9.55 Å². The monoisotopic (exact) mass is 775 g/mol. The first-order valence-electron chi connectivity index (χ1n) is 22.3. The Morgan fingerprint density at radius 1 is 0.831 bits per heavy atom. The van der Waals surface area contributed by atoms with Crippen molar-refractivity contribution in [3.8, 4) is 16.8 Å². The second kappa shape index (κ2) is 13.8. The Morgan fingerprint density at radius 2 is 1.61 bits per heavy atom. The molecule has 0 radical (unpaired) electrons. The lowest BCUT2D eigenvalue weighted by Crippen LogP contribution is -2.52. The number of imidazole rings is 1. The molecule has 4 heteroatoms. The van der Waals surface area contributed by atoms with E-state index in [0.717, 1.165) is 37.0 Å². The minimum atomic E-state index is -0.192. The fraction of sp³-hybridized carbons (Fsp3) is 0.345. The van der Waals surface area contributed by atoms with Crippen LogP contribution < -0.4 is 4.57 Å². The van der Waals surface area contributed by atoms with Gasteiger partial charge in [0.05, 0.1) is 16.4 Å². The van der Waals surface area contributed by atoms with E-state index >= 15 is 0 Å². The molecule has 2 atom stereocenters. The molecule has 4 heterocycles. The fourth-order valence-corrected chi connectivity index (χ4v) is 11.1. The summed E-state index contributed by atoms with van der Waals surface area (Å²) >= 11 is 0. The zero-order chi connectivity index (χ0) is 41.0. The molecule has 298 valence electrons. The maximum Gasteiger partial charge on any atom is 0.298 e. The molecule has 0 amide bonds. The highest BCUT2D eigenvalue weighted by Gasteiger charge is 2.48. The molecule has 0 spiro atoms. The zero-order valence-electron chi connectivity index (χ0n) is 36.6. The Labute approximate surface area is 350 Å². The first-order valence-corrected chi connectivity index (χ1v) is 22.3. The number of hydrogen-bond donors (Lipinski definition) is 0. The van der Waals surface area contributed by atoms with Crippen LogP contribution in [0.3, 0.4) is 0 Å². The lowest BCUT2D eigenvalue weighted by molar-refractivity contribution is -0.682. The molecule has 0 bridgehead atoms. The van der Waals surface area contributed by atoms with Crippen LogP contribution in [0.4, 0.5) is 0 Å². The zero-order valence-corrected chi connectivity index (χ0v) is 36.6. The second-order valence-corrected chi connectivity index (χ2v) is 18.8. The van der Waals surface area contributed by atoms with E-state index in [1.165, 1.54) is 102 Å². The highest BCUT2D eigenvalue weighted by Crippen LogP contribution is 2.50. The van der Waals surface area contributed by atoms with Crippen molar-refractivity contribution in [2.24, 2.45) is 0 Å². The highest BCUT2D eigenvalue weighted by atomic mass is 15.2. The van der Waals surface area contributed by atoms with Crippen LogP contribution in [0.5, 0.6) is 0 Å². The summed E-state index contributed by atoms with van der Waals surface area (Å²) in [5.41, 5.74) is 19.4. The average Bonchev–Trinajstić information content (AvgIpc) is 3.75. The molecule has 3 aromatic heterocycles.